The summed E-state index contributed by atoms with van der Waals surface area (Å²) in [5, 5.41) is 0. The third-order valence-corrected chi connectivity index (χ3v) is 2.25. The number of rotatable bonds is 7. The number of halogens is 1. The molecule has 0 saturated carbocycles. The van der Waals surface area contributed by atoms with E-state index >= 15 is 0 Å². The van der Waals surface area contributed by atoms with Gasteiger partial charge in [-0.15, -0.1) is 0 Å². The van der Waals surface area contributed by atoms with E-state index in [2.05, 4.69) is 27.8 Å². The van der Waals surface area contributed by atoms with Crippen molar-refractivity contribution in [2.75, 3.05) is 19.8 Å². The minimum absolute atomic E-state index is 0.571. The molecule has 4 heteroatoms. The van der Waals surface area contributed by atoms with E-state index in [1.807, 2.05) is 6.07 Å². The zero-order chi connectivity index (χ0) is 10.9. The molecule has 3 nitrogen and oxygen atoms in total. The van der Waals surface area contributed by atoms with E-state index < -0.39 is 0 Å². The number of aromatic nitrogens is 1. The first kappa shape index (κ1) is 12.5. The number of nitrogens with zero attached hydrogens (tertiary/aromatic N) is 1. The Morgan fingerprint density at radius 3 is 2.87 bits per heavy atom. The van der Waals surface area contributed by atoms with Gasteiger partial charge in [0.2, 0.25) is 0 Å². The maximum absolute atomic E-state index is 5.45. The molecule has 0 radical (unpaired) electrons. The van der Waals surface area contributed by atoms with Gasteiger partial charge in [0, 0.05) is 17.3 Å². The zero-order valence-corrected chi connectivity index (χ0v) is 10.5. The van der Waals surface area contributed by atoms with Gasteiger partial charge in [0.05, 0.1) is 12.8 Å². The number of ether oxygens (including phenoxy) is 2. The third kappa shape index (κ3) is 5.74. The van der Waals surface area contributed by atoms with Gasteiger partial charge in [0.25, 0.3) is 0 Å². The van der Waals surface area contributed by atoms with Gasteiger partial charge in [-0.05, 0) is 28.4 Å². The van der Waals surface area contributed by atoms with E-state index in [-0.39, 0.29) is 0 Å². The van der Waals surface area contributed by atoms with Gasteiger partial charge in [-0.2, -0.15) is 0 Å². The van der Waals surface area contributed by atoms with Crippen LogP contribution in [0.1, 0.15) is 19.8 Å². The summed E-state index contributed by atoms with van der Waals surface area (Å²) >= 11 is 3.33. The van der Waals surface area contributed by atoms with Gasteiger partial charge in [-0.25, -0.2) is 0 Å². The maximum Gasteiger partial charge on any atom is 0.138 e. The lowest BCUT2D eigenvalue weighted by Gasteiger charge is -2.06. The van der Waals surface area contributed by atoms with Crippen LogP contribution in [0.2, 0.25) is 0 Å². The number of hydrogen-bond donors (Lipinski definition) is 0. The molecule has 0 aliphatic heterocycles. The summed E-state index contributed by atoms with van der Waals surface area (Å²) in [5.74, 6) is 0.767. The van der Waals surface area contributed by atoms with Gasteiger partial charge in [0.15, 0.2) is 0 Å². The highest BCUT2D eigenvalue weighted by Gasteiger charge is 1.95. The fraction of sp³-hybridized carbons (Fsp3) is 0.545. The van der Waals surface area contributed by atoms with Crippen LogP contribution in [0.15, 0.2) is 22.9 Å². The van der Waals surface area contributed by atoms with Crippen molar-refractivity contribution in [1.82, 2.24) is 4.98 Å². The summed E-state index contributed by atoms with van der Waals surface area (Å²) in [6.07, 6.45) is 5.69. The van der Waals surface area contributed by atoms with Gasteiger partial charge in [0.1, 0.15) is 12.4 Å². The van der Waals surface area contributed by atoms with Crippen molar-refractivity contribution in [3.8, 4) is 5.75 Å². The molecule has 84 valence electrons. The molecule has 1 heterocycles. The Labute approximate surface area is 98.9 Å². The van der Waals surface area contributed by atoms with Crippen molar-refractivity contribution >= 4 is 15.9 Å². The second-order valence-electron chi connectivity index (χ2n) is 3.15. The normalized spacial score (nSPS) is 10.3. The maximum atomic E-state index is 5.45. The zero-order valence-electron chi connectivity index (χ0n) is 8.91. The molecule has 15 heavy (non-hydrogen) atoms. The van der Waals surface area contributed by atoms with Gasteiger partial charge in [-0.1, -0.05) is 13.3 Å². The van der Waals surface area contributed by atoms with Crippen LogP contribution in [0.4, 0.5) is 0 Å². The monoisotopic (exact) mass is 273 g/mol. The Morgan fingerprint density at radius 1 is 1.27 bits per heavy atom. The Balaban J connectivity index is 2.10. The fourth-order valence-corrected chi connectivity index (χ4v) is 1.38. The molecular formula is C11H16BrNO2. The van der Waals surface area contributed by atoms with Crippen LogP contribution in [0.5, 0.6) is 5.75 Å². The largest absolute Gasteiger partial charge is 0.490 e. The predicted molar refractivity (Wildman–Crippen MR) is 63.2 cm³/mol. The SMILES string of the molecule is CCCCOCCOc1cncc(Br)c1. The second kappa shape index (κ2) is 7.65. The first-order chi connectivity index (χ1) is 7.33. The highest BCUT2D eigenvalue weighted by molar-refractivity contribution is 9.10. The predicted octanol–water partition coefficient (Wildman–Crippen LogP) is 3.04. The van der Waals surface area contributed by atoms with Crippen LogP contribution in [-0.2, 0) is 4.74 Å². The van der Waals surface area contributed by atoms with Crippen LogP contribution in [0, 0.1) is 0 Å². The summed E-state index contributed by atoms with van der Waals surface area (Å²) in [6.45, 7) is 4.16. The number of hydrogen-bond acceptors (Lipinski definition) is 3. The molecule has 1 aromatic heterocycles. The van der Waals surface area contributed by atoms with E-state index in [1.54, 1.807) is 12.4 Å². The molecule has 0 N–H and O–H groups in total. The summed E-state index contributed by atoms with van der Waals surface area (Å²) < 4.78 is 11.7. The molecule has 0 bridgehead atoms. The lowest BCUT2D eigenvalue weighted by molar-refractivity contribution is 0.0979. The lowest BCUT2D eigenvalue weighted by atomic mass is 10.4. The summed E-state index contributed by atoms with van der Waals surface area (Å²) in [6, 6.07) is 1.89. The van der Waals surface area contributed by atoms with Crippen LogP contribution in [0.25, 0.3) is 0 Å². The first-order valence-electron chi connectivity index (χ1n) is 5.14. The molecule has 1 aromatic rings. The molecule has 0 aliphatic carbocycles. The minimum atomic E-state index is 0.571. The molecule has 0 fully saturated rings. The summed E-state index contributed by atoms with van der Waals surface area (Å²) in [7, 11) is 0. The van der Waals surface area contributed by atoms with Crippen LogP contribution < -0.4 is 4.74 Å². The molecule has 0 saturated heterocycles. The van der Waals surface area contributed by atoms with Crippen molar-refractivity contribution in [1.29, 1.82) is 0 Å². The molecule has 1 rings (SSSR count). The second-order valence-corrected chi connectivity index (χ2v) is 4.07. The van der Waals surface area contributed by atoms with E-state index in [9.17, 15) is 0 Å². The fourth-order valence-electron chi connectivity index (χ4n) is 1.04. The average molecular weight is 274 g/mol. The molecule has 0 atom stereocenters. The molecular weight excluding hydrogens is 258 g/mol. The van der Waals surface area contributed by atoms with Crippen molar-refractivity contribution in [2.24, 2.45) is 0 Å². The molecule has 0 spiro atoms. The number of unbranched alkanes of at least 4 members (excludes halogenated alkanes) is 1. The average Bonchev–Trinajstić information content (AvgIpc) is 2.23. The van der Waals surface area contributed by atoms with E-state index in [1.165, 1.54) is 0 Å². The quantitative estimate of drug-likeness (QED) is 0.716. The molecule has 0 aromatic carbocycles. The Bertz CT molecular complexity index is 281. The van der Waals surface area contributed by atoms with E-state index in [0.717, 1.165) is 29.7 Å². The minimum Gasteiger partial charge on any atom is -0.490 e. The lowest BCUT2D eigenvalue weighted by Crippen LogP contribution is -2.07. The van der Waals surface area contributed by atoms with Crippen molar-refractivity contribution in [3.63, 3.8) is 0 Å². The van der Waals surface area contributed by atoms with E-state index in [4.69, 9.17) is 9.47 Å². The Kier molecular flexibility index (Phi) is 6.36. The third-order valence-electron chi connectivity index (χ3n) is 1.82. The standard InChI is InChI=1S/C11H16BrNO2/c1-2-3-4-14-5-6-15-11-7-10(12)8-13-9-11/h7-9H,2-6H2,1H3. The molecule has 0 unspecified atom stereocenters. The highest BCUT2D eigenvalue weighted by atomic mass is 79.9. The molecule has 0 aliphatic rings. The Morgan fingerprint density at radius 2 is 2.13 bits per heavy atom. The van der Waals surface area contributed by atoms with Gasteiger partial charge >= 0.3 is 0 Å². The van der Waals surface area contributed by atoms with Crippen LogP contribution >= 0.6 is 15.9 Å². The Hall–Kier alpha value is -0.610. The van der Waals surface area contributed by atoms with Crippen LogP contribution in [0.3, 0.4) is 0 Å². The highest BCUT2D eigenvalue weighted by Crippen LogP contribution is 2.15. The van der Waals surface area contributed by atoms with Crippen molar-refractivity contribution in [3.05, 3.63) is 22.9 Å². The van der Waals surface area contributed by atoms with Crippen LogP contribution in [-0.4, -0.2) is 24.8 Å². The van der Waals surface area contributed by atoms with Gasteiger partial charge in [-0.3, -0.25) is 4.98 Å². The summed E-state index contributed by atoms with van der Waals surface area (Å²) in [5.41, 5.74) is 0. The van der Waals surface area contributed by atoms with Gasteiger partial charge < -0.3 is 9.47 Å². The first-order valence-corrected chi connectivity index (χ1v) is 5.93. The van der Waals surface area contributed by atoms with Crippen molar-refractivity contribution < 1.29 is 9.47 Å². The smallest absolute Gasteiger partial charge is 0.138 e. The summed E-state index contributed by atoms with van der Waals surface area (Å²) in [4.78, 5) is 4.00. The van der Waals surface area contributed by atoms with Crippen molar-refractivity contribution in [2.45, 2.75) is 19.8 Å². The number of pyridine rings is 1. The molecule has 0 amide bonds. The van der Waals surface area contributed by atoms with E-state index in [0.29, 0.717) is 13.2 Å². The topological polar surface area (TPSA) is 31.4 Å².